The molecular formula is C22H23FN4O5S. The van der Waals surface area contributed by atoms with Crippen molar-refractivity contribution in [3.8, 4) is 0 Å². The summed E-state index contributed by atoms with van der Waals surface area (Å²) < 4.78 is 43.7. The molecule has 1 aliphatic heterocycles. The first kappa shape index (κ1) is 22.7. The van der Waals surface area contributed by atoms with Gasteiger partial charge in [0.25, 0.3) is 15.6 Å². The largest absolute Gasteiger partial charge is 0.341 e. The first-order valence-corrected chi connectivity index (χ1v) is 11.9. The topological polar surface area (TPSA) is 110 Å². The highest BCUT2D eigenvalue weighted by Crippen LogP contribution is 2.22. The van der Waals surface area contributed by atoms with Gasteiger partial charge in [-0.05, 0) is 61.7 Å². The van der Waals surface area contributed by atoms with Crippen LogP contribution in [-0.4, -0.2) is 41.4 Å². The SMILES string of the molecule is Cc1cc(F)ccc1NS(=O)(=O)c1ccc2c(c1)c(=O)n(CC(=O)N1CCCC1)c(=O)n2C. The quantitative estimate of drug-likeness (QED) is 0.604. The minimum Gasteiger partial charge on any atom is -0.341 e. The molecule has 1 amide bonds. The summed E-state index contributed by atoms with van der Waals surface area (Å²) in [6, 6.07) is 7.47. The van der Waals surface area contributed by atoms with E-state index in [2.05, 4.69) is 4.72 Å². The molecule has 0 unspecified atom stereocenters. The number of fused-ring (bicyclic) bond motifs is 1. The summed E-state index contributed by atoms with van der Waals surface area (Å²) in [5.41, 5.74) is -0.562. The fourth-order valence-electron chi connectivity index (χ4n) is 3.95. The number of sulfonamides is 1. The Hall–Kier alpha value is -3.47. The molecule has 0 aliphatic carbocycles. The molecule has 1 aromatic heterocycles. The van der Waals surface area contributed by atoms with Crippen LogP contribution in [0.4, 0.5) is 10.1 Å². The third kappa shape index (κ3) is 4.28. The van der Waals surface area contributed by atoms with E-state index in [1.807, 2.05) is 0 Å². The predicted molar refractivity (Wildman–Crippen MR) is 121 cm³/mol. The lowest BCUT2D eigenvalue weighted by molar-refractivity contribution is -0.130. The summed E-state index contributed by atoms with van der Waals surface area (Å²) in [4.78, 5) is 39.8. The molecule has 1 saturated heterocycles. The van der Waals surface area contributed by atoms with Gasteiger partial charge in [0.05, 0.1) is 21.5 Å². The number of carbonyl (C=O) groups is 1. The third-order valence-corrected chi connectivity index (χ3v) is 7.18. The Morgan fingerprint density at radius 1 is 1.09 bits per heavy atom. The fourth-order valence-corrected chi connectivity index (χ4v) is 5.11. The van der Waals surface area contributed by atoms with Crippen LogP contribution < -0.4 is 16.0 Å². The molecule has 33 heavy (non-hydrogen) atoms. The number of anilines is 1. The predicted octanol–water partition coefficient (Wildman–Crippen LogP) is 1.57. The van der Waals surface area contributed by atoms with E-state index < -0.39 is 33.6 Å². The Balaban J connectivity index is 1.76. The molecule has 0 radical (unpaired) electrons. The number of aryl methyl sites for hydroxylation is 2. The van der Waals surface area contributed by atoms with E-state index in [0.717, 1.165) is 23.5 Å². The molecule has 2 aromatic carbocycles. The molecule has 1 N–H and O–H groups in total. The Kier molecular flexibility index (Phi) is 5.83. The van der Waals surface area contributed by atoms with E-state index in [9.17, 15) is 27.2 Å². The van der Waals surface area contributed by atoms with Gasteiger partial charge >= 0.3 is 5.69 Å². The zero-order valence-corrected chi connectivity index (χ0v) is 19.0. The van der Waals surface area contributed by atoms with Gasteiger partial charge in [-0.2, -0.15) is 0 Å². The number of hydrogen-bond acceptors (Lipinski definition) is 5. The van der Waals surface area contributed by atoms with Gasteiger partial charge in [0.15, 0.2) is 0 Å². The zero-order valence-electron chi connectivity index (χ0n) is 18.2. The monoisotopic (exact) mass is 474 g/mol. The molecule has 0 spiro atoms. The number of aromatic nitrogens is 2. The molecule has 0 atom stereocenters. The highest BCUT2D eigenvalue weighted by atomic mass is 32.2. The Labute approximate surface area is 189 Å². The van der Waals surface area contributed by atoms with Crippen molar-refractivity contribution in [2.24, 2.45) is 7.05 Å². The van der Waals surface area contributed by atoms with Crippen LogP contribution in [0.2, 0.25) is 0 Å². The molecule has 1 aliphatic rings. The van der Waals surface area contributed by atoms with E-state index >= 15 is 0 Å². The number of carbonyl (C=O) groups excluding carboxylic acids is 1. The maximum Gasteiger partial charge on any atom is 0.331 e. The van der Waals surface area contributed by atoms with Gasteiger partial charge in [-0.1, -0.05) is 0 Å². The average Bonchev–Trinajstić information content (AvgIpc) is 3.32. The number of likely N-dealkylation sites (tertiary alicyclic amines) is 1. The van der Waals surface area contributed by atoms with E-state index in [4.69, 9.17) is 0 Å². The molecule has 4 rings (SSSR count). The van der Waals surface area contributed by atoms with Crippen LogP contribution >= 0.6 is 0 Å². The van der Waals surface area contributed by atoms with Crippen LogP contribution in [0.15, 0.2) is 50.9 Å². The van der Waals surface area contributed by atoms with Crippen molar-refractivity contribution in [3.05, 3.63) is 68.6 Å². The third-order valence-electron chi connectivity index (χ3n) is 5.82. The van der Waals surface area contributed by atoms with E-state index in [-0.39, 0.29) is 27.4 Å². The minimum atomic E-state index is -4.11. The zero-order chi connectivity index (χ0) is 23.9. The second kappa shape index (κ2) is 8.47. The molecule has 2 heterocycles. The average molecular weight is 475 g/mol. The maximum absolute atomic E-state index is 13.4. The maximum atomic E-state index is 13.4. The van der Waals surface area contributed by atoms with Crippen LogP contribution in [0.1, 0.15) is 18.4 Å². The molecule has 3 aromatic rings. The van der Waals surface area contributed by atoms with Crippen molar-refractivity contribution < 1.29 is 17.6 Å². The summed E-state index contributed by atoms with van der Waals surface area (Å²) in [6.45, 7) is 2.31. The van der Waals surface area contributed by atoms with Crippen molar-refractivity contribution in [1.29, 1.82) is 0 Å². The van der Waals surface area contributed by atoms with E-state index in [1.54, 1.807) is 11.8 Å². The molecule has 0 bridgehead atoms. The normalized spacial score (nSPS) is 14.1. The summed E-state index contributed by atoms with van der Waals surface area (Å²) >= 11 is 0. The van der Waals surface area contributed by atoms with Gasteiger partial charge in [-0.15, -0.1) is 0 Å². The number of rotatable bonds is 5. The highest BCUT2D eigenvalue weighted by Gasteiger charge is 2.22. The van der Waals surface area contributed by atoms with Gasteiger partial charge in [0.2, 0.25) is 5.91 Å². The van der Waals surface area contributed by atoms with Crippen LogP contribution in [0.5, 0.6) is 0 Å². The first-order chi connectivity index (χ1) is 15.6. The van der Waals surface area contributed by atoms with Crippen molar-refractivity contribution in [2.45, 2.75) is 31.2 Å². The fraction of sp³-hybridized carbons (Fsp3) is 0.318. The van der Waals surface area contributed by atoms with E-state index in [0.29, 0.717) is 18.7 Å². The Morgan fingerprint density at radius 2 is 1.79 bits per heavy atom. The van der Waals surface area contributed by atoms with E-state index in [1.165, 1.54) is 41.9 Å². The molecule has 0 saturated carbocycles. The van der Waals surface area contributed by atoms with Crippen LogP contribution in [0.3, 0.4) is 0 Å². The van der Waals surface area contributed by atoms with Gasteiger partial charge in [0.1, 0.15) is 12.4 Å². The van der Waals surface area contributed by atoms with Gasteiger partial charge in [-0.25, -0.2) is 17.6 Å². The molecular weight excluding hydrogens is 451 g/mol. The van der Waals surface area contributed by atoms with Crippen molar-refractivity contribution >= 4 is 32.5 Å². The number of halogens is 1. The molecule has 174 valence electrons. The van der Waals surface area contributed by atoms with Crippen molar-refractivity contribution in [3.63, 3.8) is 0 Å². The van der Waals surface area contributed by atoms with Gasteiger partial charge in [0, 0.05) is 20.1 Å². The van der Waals surface area contributed by atoms with Crippen LogP contribution in [0.25, 0.3) is 10.9 Å². The lowest BCUT2D eigenvalue weighted by atomic mass is 10.2. The van der Waals surface area contributed by atoms with Crippen molar-refractivity contribution in [2.75, 3.05) is 17.8 Å². The summed E-state index contributed by atoms with van der Waals surface area (Å²) in [7, 11) is -2.66. The standard InChI is InChI=1S/C22H23FN4O5S/c1-14-11-15(23)5-7-18(14)24-33(31,32)16-6-8-19-17(12-16)21(29)27(22(30)25(19)2)13-20(28)26-9-3-4-10-26/h5-8,11-12,24H,3-4,9-10,13H2,1-2H3. The molecule has 11 heteroatoms. The molecule has 9 nitrogen and oxygen atoms in total. The van der Waals surface area contributed by atoms with Gasteiger partial charge in [-0.3, -0.25) is 23.4 Å². The Morgan fingerprint density at radius 3 is 2.45 bits per heavy atom. The number of amides is 1. The lowest BCUT2D eigenvalue weighted by Gasteiger charge is -2.17. The minimum absolute atomic E-state index is 0.00924. The smallest absolute Gasteiger partial charge is 0.331 e. The highest BCUT2D eigenvalue weighted by molar-refractivity contribution is 7.92. The number of nitrogens with zero attached hydrogens (tertiary/aromatic N) is 3. The van der Waals surface area contributed by atoms with Crippen LogP contribution in [0, 0.1) is 12.7 Å². The summed E-state index contributed by atoms with van der Waals surface area (Å²) in [5, 5.41) is -0.00924. The van der Waals surface area contributed by atoms with Crippen molar-refractivity contribution in [1.82, 2.24) is 14.0 Å². The number of benzene rings is 2. The summed E-state index contributed by atoms with van der Waals surface area (Å²) in [5.74, 6) is -0.825. The van der Waals surface area contributed by atoms with Crippen LogP contribution in [-0.2, 0) is 28.4 Å². The Bertz CT molecular complexity index is 1490. The first-order valence-electron chi connectivity index (χ1n) is 10.4. The number of nitrogens with one attached hydrogen (secondary N) is 1. The second-order valence-electron chi connectivity index (χ2n) is 8.06. The lowest BCUT2D eigenvalue weighted by Crippen LogP contribution is -2.43. The summed E-state index contributed by atoms with van der Waals surface area (Å²) in [6.07, 6.45) is 1.75. The molecule has 1 fully saturated rings. The van der Waals surface area contributed by atoms with Gasteiger partial charge < -0.3 is 4.90 Å². The second-order valence-corrected chi connectivity index (χ2v) is 9.75. The number of hydrogen-bond donors (Lipinski definition) is 1.